The van der Waals surface area contributed by atoms with Crippen LogP contribution in [0.15, 0.2) is 47.5 Å². The van der Waals surface area contributed by atoms with E-state index in [4.69, 9.17) is 0 Å². The number of esters is 1. The number of ether oxygens (including phenoxy) is 1. The quantitative estimate of drug-likeness (QED) is 0.679. The number of rotatable bonds is 5. The zero-order chi connectivity index (χ0) is 17.5. The van der Waals surface area contributed by atoms with E-state index >= 15 is 0 Å². The van der Waals surface area contributed by atoms with E-state index in [-0.39, 0.29) is 11.9 Å². The Hall–Kier alpha value is -2.95. The lowest BCUT2D eigenvalue weighted by atomic mass is 10.1. The first kappa shape index (κ1) is 17.4. The Kier molecular flexibility index (Phi) is 5.84. The summed E-state index contributed by atoms with van der Waals surface area (Å²) >= 11 is 0. The molecule has 5 nitrogen and oxygen atoms in total. The van der Waals surface area contributed by atoms with Gasteiger partial charge in [0.2, 0.25) is 0 Å². The Morgan fingerprint density at radius 1 is 1.17 bits per heavy atom. The lowest BCUT2D eigenvalue weighted by Gasteiger charge is -2.05. The molecule has 0 fully saturated rings. The van der Waals surface area contributed by atoms with Crippen molar-refractivity contribution in [2.24, 2.45) is 4.99 Å². The zero-order valence-electron chi connectivity index (χ0n) is 14.0. The number of hydrogen-bond acceptors (Lipinski definition) is 4. The molecule has 0 heterocycles. The average molecular weight is 324 g/mol. The van der Waals surface area contributed by atoms with E-state index in [0.29, 0.717) is 23.2 Å². The Balaban J connectivity index is 2.13. The summed E-state index contributed by atoms with van der Waals surface area (Å²) in [6, 6.07) is 12.7. The molecule has 5 heteroatoms. The molecule has 24 heavy (non-hydrogen) atoms. The molecule has 2 rings (SSSR count). The Morgan fingerprint density at radius 3 is 2.50 bits per heavy atom. The van der Waals surface area contributed by atoms with Crippen molar-refractivity contribution >= 4 is 23.8 Å². The summed E-state index contributed by atoms with van der Waals surface area (Å²) in [5.41, 5.74) is 3.75. The summed E-state index contributed by atoms with van der Waals surface area (Å²) in [7, 11) is 2.95. The second kappa shape index (κ2) is 8.06. The standard InChI is InChI=1S/C19H20N2O3/c1-13-4-9-16(18(22)20-2)17(12-13)21-11-10-14-5-7-15(8-6-14)19(23)24-3/h4-9,11-12H,10H2,1-3H3,(H,20,22). The van der Waals surface area contributed by atoms with Gasteiger partial charge in [0.05, 0.1) is 23.9 Å². The minimum Gasteiger partial charge on any atom is -0.465 e. The van der Waals surface area contributed by atoms with Gasteiger partial charge in [-0.15, -0.1) is 0 Å². The molecule has 0 aliphatic rings. The first-order valence-corrected chi connectivity index (χ1v) is 7.57. The number of aliphatic imine (C=N–C) groups is 1. The molecular weight excluding hydrogens is 304 g/mol. The summed E-state index contributed by atoms with van der Waals surface area (Å²) < 4.78 is 4.67. The van der Waals surface area contributed by atoms with Crippen LogP contribution < -0.4 is 5.32 Å². The Labute approximate surface area is 141 Å². The highest BCUT2D eigenvalue weighted by atomic mass is 16.5. The summed E-state index contributed by atoms with van der Waals surface area (Å²) in [5, 5.41) is 2.61. The molecule has 0 aliphatic carbocycles. The number of aryl methyl sites for hydroxylation is 1. The maximum absolute atomic E-state index is 11.9. The Morgan fingerprint density at radius 2 is 1.88 bits per heavy atom. The van der Waals surface area contributed by atoms with Crippen LogP contribution in [0.1, 0.15) is 31.8 Å². The van der Waals surface area contributed by atoms with Crippen molar-refractivity contribution in [2.75, 3.05) is 14.2 Å². The number of benzene rings is 2. The van der Waals surface area contributed by atoms with Gasteiger partial charge in [0, 0.05) is 19.7 Å². The van der Waals surface area contributed by atoms with E-state index in [1.165, 1.54) is 7.11 Å². The Bertz CT molecular complexity index is 765. The second-order valence-corrected chi connectivity index (χ2v) is 5.30. The van der Waals surface area contributed by atoms with Crippen molar-refractivity contribution < 1.29 is 14.3 Å². The molecule has 1 amide bonds. The summed E-state index contributed by atoms with van der Waals surface area (Å²) in [4.78, 5) is 27.7. The highest BCUT2D eigenvalue weighted by Crippen LogP contribution is 2.20. The van der Waals surface area contributed by atoms with E-state index in [1.54, 1.807) is 31.5 Å². The third-order valence-corrected chi connectivity index (χ3v) is 3.56. The molecular formula is C19H20N2O3. The fourth-order valence-corrected chi connectivity index (χ4v) is 2.22. The van der Waals surface area contributed by atoms with Gasteiger partial charge in [0.15, 0.2) is 0 Å². The zero-order valence-corrected chi connectivity index (χ0v) is 14.0. The number of carbonyl (C=O) groups excluding carboxylic acids is 2. The van der Waals surface area contributed by atoms with Crippen LogP contribution in [0.2, 0.25) is 0 Å². The monoisotopic (exact) mass is 324 g/mol. The van der Waals surface area contributed by atoms with Crippen LogP contribution in [0.3, 0.4) is 0 Å². The lowest BCUT2D eigenvalue weighted by Crippen LogP contribution is -2.17. The SMILES string of the molecule is CNC(=O)c1ccc(C)cc1N=CCc1ccc(C(=O)OC)cc1. The molecule has 2 aromatic rings. The minimum atomic E-state index is -0.356. The molecule has 0 unspecified atom stereocenters. The normalized spacial score (nSPS) is 10.6. The van der Waals surface area contributed by atoms with Gasteiger partial charge in [0.25, 0.3) is 5.91 Å². The molecule has 0 atom stereocenters. The van der Waals surface area contributed by atoms with E-state index in [2.05, 4.69) is 15.0 Å². The van der Waals surface area contributed by atoms with Gasteiger partial charge >= 0.3 is 5.97 Å². The van der Waals surface area contributed by atoms with Crippen molar-refractivity contribution in [3.8, 4) is 0 Å². The molecule has 2 aromatic carbocycles. The van der Waals surface area contributed by atoms with Gasteiger partial charge in [-0.25, -0.2) is 4.79 Å². The van der Waals surface area contributed by atoms with E-state index < -0.39 is 0 Å². The molecule has 124 valence electrons. The molecule has 0 spiro atoms. The summed E-state index contributed by atoms with van der Waals surface area (Å²) in [6.45, 7) is 1.96. The van der Waals surface area contributed by atoms with E-state index in [9.17, 15) is 9.59 Å². The van der Waals surface area contributed by atoms with Gasteiger partial charge < -0.3 is 10.1 Å². The minimum absolute atomic E-state index is 0.162. The number of methoxy groups -OCH3 is 1. The summed E-state index contributed by atoms with van der Waals surface area (Å²) in [6.07, 6.45) is 2.36. The molecule has 0 saturated heterocycles. The van der Waals surface area contributed by atoms with Crippen molar-refractivity contribution in [3.63, 3.8) is 0 Å². The van der Waals surface area contributed by atoms with Gasteiger partial charge in [-0.2, -0.15) is 0 Å². The maximum atomic E-state index is 11.9. The first-order chi connectivity index (χ1) is 11.5. The molecule has 0 radical (unpaired) electrons. The van der Waals surface area contributed by atoms with Crippen LogP contribution in [0.25, 0.3) is 0 Å². The third-order valence-electron chi connectivity index (χ3n) is 3.56. The van der Waals surface area contributed by atoms with Crippen LogP contribution in [0.4, 0.5) is 5.69 Å². The highest BCUT2D eigenvalue weighted by Gasteiger charge is 2.09. The van der Waals surface area contributed by atoms with Crippen molar-refractivity contribution in [1.82, 2.24) is 5.32 Å². The predicted molar refractivity (Wildman–Crippen MR) is 94.2 cm³/mol. The number of carbonyl (C=O) groups is 2. The van der Waals surface area contributed by atoms with Crippen LogP contribution in [-0.4, -0.2) is 32.2 Å². The lowest BCUT2D eigenvalue weighted by molar-refractivity contribution is 0.0600. The topological polar surface area (TPSA) is 67.8 Å². The molecule has 0 saturated carbocycles. The second-order valence-electron chi connectivity index (χ2n) is 5.30. The van der Waals surface area contributed by atoms with E-state index in [1.807, 2.05) is 31.2 Å². The fourth-order valence-electron chi connectivity index (χ4n) is 2.22. The number of nitrogens with one attached hydrogen (secondary N) is 1. The smallest absolute Gasteiger partial charge is 0.337 e. The molecule has 0 aliphatic heterocycles. The number of amides is 1. The molecule has 0 bridgehead atoms. The highest BCUT2D eigenvalue weighted by molar-refractivity contribution is 5.99. The van der Waals surface area contributed by atoms with Gasteiger partial charge in [-0.3, -0.25) is 9.79 Å². The van der Waals surface area contributed by atoms with Crippen LogP contribution >= 0.6 is 0 Å². The predicted octanol–water partition coefficient (Wildman–Crippen LogP) is 3.09. The van der Waals surface area contributed by atoms with Gasteiger partial charge in [-0.05, 0) is 42.3 Å². The average Bonchev–Trinajstić information content (AvgIpc) is 2.61. The largest absolute Gasteiger partial charge is 0.465 e. The summed E-state index contributed by atoms with van der Waals surface area (Å²) in [5.74, 6) is -0.519. The van der Waals surface area contributed by atoms with Crippen LogP contribution in [0.5, 0.6) is 0 Å². The number of hydrogen-bond donors (Lipinski definition) is 1. The van der Waals surface area contributed by atoms with Crippen molar-refractivity contribution in [2.45, 2.75) is 13.3 Å². The number of nitrogens with zero attached hydrogens (tertiary/aromatic N) is 1. The third kappa shape index (κ3) is 4.29. The first-order valence-electron chi connectivity index (χ1n) is 7.57. The van der Waals surface area contributed by atoms with Gasteiger partial charge in [0.1, 0.15) is 0 Å². The molecule has 1 N–H and O–H groups in total. The van der Waals surface area contributed by atoms with Crippen LogP contribution in [-0.2, 0) is 11.2 Å². The van der Waals surface area contributed by atoms with E-state index in [0.717, 1.165) is 11.1 Å². The molecule has 0 aromatic heterocycles. The van der Waals surface area contributed by atoms with Gasteiger partial charge in [-0.1, -0.05) is 18.2 Å². The fraction of sp³-hybridized carbons (Fsp3) is 0.211. The maximum Gasteiger partial charge on any atom is 0.337 e. The van der Waals surface area contributed by atoms with Crippen LogP contribution in [0, 0.1) is 6.92 Å². The van der Waals surface area contributed by atoms with Crippen molar-refractivity contribution in [1.29, 1.82) is 0 Å². The van der Waals surface area contributed by atoms with Crippen molar-refractivity contribution in [3.05, 3.63) is 64.7 Å².